The van der Waals surface area contributed by atoms with Gasteiger partial charge in [0.25, 0.3) is 0 Å². The Kier molecular flexibility index (Phi) is 5.79. The summed E-state index contributed by atoms with van der Waals surface area (Å²) >= 11 is 0. The van der Waals surface area contributed by atoms with Gasteiger partial charge in [0.15, 0.2) is 0 Å². The van der Waals surface area contributed by atoms with Gasteiger partial charge in [-0.15, -0.1) is 0 Å². The van der Waals surface area contributed by atoms with Gasteiger partial charge in [-0.3, -0.25) is 0 Å². The molecule has 0 spiro atoms. The first kappa shape index (κ1) is 17.7. The highest BCUT2D eigenvalue weighted by Gasteiger charge is 2.50. The molecule has 3 aliphatic rings. The van der Waals surface area contributed by atoms with Crippen molar-refractivity contribution in [3.05, 3.63) is 11.6 Å². The molecule has 0 saturated heterocycles. The Morgan fingerprint density at radius 2 is 1.96 bits per heavy atom. The van der Waals surface area contributed by atoms with Gasteiger partial charge in [0.1, 0.15) is 12.4 Å². The average Bonchev–Trinajstić information content (AvgIpc) is 3.11. The summed E-state index contributed by atoms with van der Waals surface area (Å²) in [4.78, 5) is 10.5. The molecule has 3 fully saturated rings. The summed E-state index contributed by atoms with van der Waals surface area (Å²) in [7, 11) is 0. The second-order valence-corrected chi connectivity index (χ2v) is 7.87. The zero-order valence-electron chi connectivity index (χ0n) is 14.7. The van der Waals surface area contributed by atoms with Crippen molar-refractivity contribution in [2.24, 2.45) is 29.6 Å². The van der Waals surface area contributed by atoms with Gasteiger partial charge < -0.3 is 15.0 Å². The minimum Gasteiger partial charge on any atom is -0.392 e. The molecule has 3 saturated carbocycles. The zero-order valence-corrected chi connectivity index (χ0v) is 14.7. The van der Waals surface area contributed by atoms with Crippen LogP contribution in [0.15, 0.2) is 11.6 Å². The van der Waals surface area contributed by atoms with Crippen LogP contribution in [0.5, 0.6) is 0 Å². The van der Waals surface area contributed by atoms with E-state index in [0.717, 1.165) is 38.4 Å². The first-order valence-electron chi connectivity index (χ1n) is 9.64. The van der Waals surface area contributed by atoms with Crippen molar-refractivity contribution in [2.75, 3.05) is 0 Å². The standard InChI is InChI=1S/C21H30O3/c1-14-16(8-4-5-13-22)17-9-12-20(24)18(21(14)17)10-11-19(23)15-6-2-3-7-15/h8,13-15,17-21,23-24H,2-7,9,12H2,1H3/b16-8-/t14?,17-,18+,19?,20-,21+/m1/s1. The lowest BCUT2D eigenvalue weighted by atomic mass is 9.51. The molecule has 0 amide bonds. The van der Waals surface area contributed by atoms with E-state index < -0.39 is 6.10 Å². The number of hydrogen-bond donors (Lipinski definition) is 2. The van der Waals surface area contributed by atoms with Crippen molar-refractivity contribution in [3.8, 4) is 11.8 Å². The van der Waals surface area contributed by atoms with Gasteiger partial charge >= 0.3 is 0 Å². The highest BCUT2D eigenvalue weighted by atomic mass is 16.3. The summed E-state index contributed by atoms with van der Waals surface area (Å²) in [6.07, 6.45) is 10.1. The van der Waals surface area contributed by atoms with Gasteiger partial charge in [-0.1, -0.05) is 43.3 Å². The molecule has 0 aromatic carbocycles. The predicted octanol–water partition coefficient (Wildman–Crippen LogP) is 3.10. The van der Waals surface area contributed by atoms with Crippen molar-refractivity contribution in [2.45, 2.75) is 70.5 Å². The maximum atomic E-state index is 10.5. The van der Waals surface area contributed by atoms with Crippen molar-refractivity contribution in [3.63, 3.8) is 0 Å². The van der Waals surface area contributed by atoms with E-state index in [1.165, 1.54) is 18.4 Å². The van der Waals surface area contributed by atoms with Gasteiger partial charge in [0.05, 0.1) is 12.0 Å². The fourth-order valence-corrected chi connectivity index (χ4v) is 5.14. The number of fused-ring (bicyclic) bond motifs is 1. The Morgan fingerprint density at radius 1 is 1.21 bits per heavy atom. The Balaban J connectivity index is 1.67. The first-order chi connectivity index (χ1) is 11.6. The summed E-state index contributed by atoms with van der Waals surface area (Å²) in [5.74, 6) is 8.00. The van der Waals surface area contributed by atoms with Crippen LogP contribution >= 0.6 is 0 Å². The molecule has 6 atom stereocenters. The fraction of sp³-hybridized carbons (Fsp3) is 0.762. The molecule has 3 nitrogen and oxygen atoms in total. The SMILES string of the molecule is CC1/C(=C/CCC=O)[C@H]2CC[C@@H](O)[C@H](C#CC(O)C3CCCC3)[C@@H]12. The summed E-state index contributed by atoms with van der Waals surface area (Å²) in [6.45, 7) is 2.22. The van der Waals surface area contributed by atoms with E-state index in [1.807, 2.05) is 0 Å². The number of aliphatic hydroxyl groups is 2. The van der Waals surface area contributed by atoms with Crippen molar-refractivity contribution in [1.82, 2.24) is 0 Å². The Hall–Kier alpha value is -1.11. The number of rotatable bonds is 4. The number of aldehydes is 1. The molecule has 3 heteroatoms. The van der Waals surface area contributed by atoms with E-state index in [-0.39, 0.29) is 12.0 Å². The first-order valence-corrected chi connectivity index (χ1v) is 9.64. The molecule has 2 unspecified atom stereocenters. The highest BCUT2D eigenvalue weighted by molar-refractivity contribution is 5.49. The van der Waals surface area contributed by atoms with E-state index in [1.54, 1.807) is 0 Å². The minimum absolute atomic E-state index is 0.0157. The third-order valence-corrected chi connectivity index (χ3v) is 6.51. The monoisotopic (exact) mass is 330 g/mol. The fourth-order valence-electron chi connectivity index (χ4n) is 5.14. The van der Waals surface area contributed by atoms with Crippen LogP contribution in [0.2, 0.25) is 0 Å². The molecular weight excluding hydrogens is 300 g/mol. The molecule has 132 valence electrons. The van der Waals surface area contributed by atoms with Gasteiger partial charge in [0, 0.05) is 6.42 Å². The van der Waals surface area contributed by atoms with Crippen LogP contribution in [0.4, 0.5) is 0 Å². The lowest BCUT2D eigenvalue weighted by Crippen LogP contribution is -2.50. The second kappa shape index (κ2) is 7.85. The molecule has 0 heterocycles. The van der Waals surface area contributed by atoms with Crippen LogP contribution in [-0.2, 0) is 4.79 Å². The Morgan fingerprint density at radius 3 is 2.67 bits per heavy atom. The number of unbranched alkanes of at least 4 members (excludes halogenated alkanes) is 1. The summed E-state index contributed by atoms with van der Waals surface area (Å²) < 4.78 is 0. The van der Waals surface area contributed by atoms with Crippen LogP contribution in [0.3, 0.4) is 0 Å². The van der Waals surface area contributed by atoms with Crippen molar-refractivity contribution in [1.29, 1.82) is 0 Å². The topological polar surface area (TPSA) is 57.5 Å². The van der Waals surface area contributed by atoms with Gasteiger partial charge in [-0.05, 0) is 55.8 Å². The lowest BCUT2D eigenvalue weighted by Gasteiger charge is -2.53. The third kappa shape index (κ3) is 3.46. The van der Waals surface area contributed by atoms with Gasteiger partial charge in [-0.2, -0.15) is 0 Å². The lowest BCUT2D eigenvalue weighted by molar-refractivity contribution is -0.107. The molecular formula is C21H30O3. The number of carbonyl (C=O) groups is 1. The number of carbonyl (C=O) groups excluding carboxylic acids is 1. The van der Waals surface area contributed by atoms with Gasteiger partial charge in [-0.25, -0.2) is 0 Å². The molecule has 0 aromatic rings. The number of allylic oxidation sites excluding steroid dienone is 2. The van der Waals surface area contributed by atoms with E-state index in [4.69, 9.17) is 0 Å². The molecule has 24 heavy (non-hydrogen) atoms. The molecule has 0 aromatic heterocycles. The van der Waals surface area contributed by atoms with E-state index in [0.29, 0.717) is 30.1 Å². The Labute approximate surface area is 145 Å². The van der Waals surface area contributed by atoms with Crippen LogP contribution in [0.1, 0.15) is 58.3 Å². The predicted molar refractivity (Wildman–Crippen MR) is 94.0 cm³/mol. The Bertz CT molecular complexity index is 535. The minimum atomic E-state index is -0.530. The maximum Gasteiger partial charge on any atom is 0.120 e. The van der Waals surface area contributed by atoms with Crippen LogP contribution in [0.25, 0.3) is 0 Å². The smallest absolute Gasteiger partial charge is 0.120 e. The summed E-state index contributed by atoms with van der Waals surface area (Å²) in [5.41, 5.74) is 1.46. The van der Waals surface area contributed by atoms with E-state index in [2.05, 4.69) is 24.8 Å². The van der Waals surface area contributed by atoms with E-state index in [9.17, 15) is 15.0 Å². The highest BCUT2D eigenvalue weighted by Crippen LogP contribution is 2.55. The van der Waals surface area contributed by atoms with Crippen LogP contribution in [-0.4, -0.2) is 28.7 Å². The third-order valence-electron chi connectivity index (χ3n) is 6.51. The normalized spacial score (nSPS) is 38.8. The zero-order chi connectivity index (χ0) is 17.1. The quantitative estimate of drug-likeness (QED) is 0.360. The molecule has 0 aliphatic heterocycles. The largest absolute Gasteiger partial charge is 0.392 e. The second-order valence-electron chi connectivity index (χ2n) is 7.87. The number of hydrogen-bond acceptors (Lipinski definition) is 3. The molecule has 2 N–H and O–H groups in total. The van der Waals surface area contributed by atoms with Crippen LogP contribution < -0.4 is 0 Å². The molecule has 0 radical (unpaired) electrons. The van der Waals surface area contributed by atoms with Crippen molar-refractivity contribution >= 4 is 6.29 Å². The van der Waals surface area contributed by atoms with E-state index >= 15 is 0 Å². The van der Waals surface area contributed by atoms with Gasteiger partial charge in [0.2, 0.25) is 0 Å². The van der Waals surface area contributed by atoms with Crippen LogP contribution in [0, 0.1) is 41.4 Å². The number of aliphatic hydroxyl groups excluding tert-OH is 2. The molecule has 3 aliphatic carbocycles. The summed E-state index contributed by atoms with van der Waals surface area (Å²) in [5, 5.41) is 20.7. The maximum absolute atomic E-state index is 10.5. The summed E-state index contributed by atoms with van der Waals surface area (Å²) in [6, 6.07) is 0. The average molecular weight is 330 g/mol. The van der Waals surface area contributed by atoms with Crippen molar-refractivity contribution < 1.29 is 15.0 Å². The molecule has 0 bridgehead atoms. The molecule has 3 rings (SSSR count).